The summed E-state index contributed by atoms with van der Waals surface area (Å²) in [6, 6.07) is 5.28. The van der Waals surface area contributed by atoms with E-state index in [2.05, 4.69) is 15.1 Å². The van der Waals surface area contributed by atoms with E-state index in [0.29, 0.717) is 21.4 Å². The van der Waals surface area contributed by atoms with E-state index in [9.17, 15) is 9.59 Å². The molecule has 2 aromatic rings. The zero-order valence-corrected chi connectivity index (χ0v) is 11.0. The van der Waals surface area contributed by atoms with Gasteiger partial charge in [-0.3, -0.25) is 19.4 Å². The molecule has 96 valence electrons. The molecule has 1 N–H and O–H groups in total. The van der Waals surface area contributed by atoms with Gasteiger partial charge in [-0.25, -0.2) is 4.98 Å². The van der Waals surface area contributed by atoms with E-state index in [1.807, 2.05) is 6.07 Å². The lowest BCUT2D eigenvalue weighted by molar-refractivity contribution is 0.596. The first-order valence-corrected chi connectivity index (χ1v) is 6.05. The third kappa shape index (κ3) is 2.89. The van der Waals surface area contributed by atoms with Crippen LogP contribution in [0.25, 0.3) is 0 Å². The molecule has 0 aliphatic rings. The topological polar surface area (TPSA) is 104 Å². The summed E-state index contributed by atoms with van der Waals surface area (Å²) in [4.78, 5) is 30.2. The molecular weight excluding hydrogens is 266 g/mol. The molecule has 0 spiro atoms. The quantitative estimate of drug-likeness (QED) is 0.785. The van der Waals surface area contributed by atoms with Gasteiger partial charge in [0.25, 0.3) is 0 Å². The lowest BCUT2D eigenvalue weighted by Gasteiger charge is -2.05. The summed E-state index contributed by atoms with van der Waals surface area (Å²) in [7, 11) is 1.57. The number of nitriles is 1. The van der Waals surface area contributed by atoms with Crippen LogP contribution in [0.1, 0.15) is 11.3 Å². The van der Waals surface area contributed by atoms with Gasteiger partial charge in [0.05, 0.1) is 11.6 Å². The van der Waals surface area contributed by atoms with Gasteiger partial charge in [-0.2, -0.15) is 10.2 Å². The zero-order chi connectivity index (χ0) is 14.0. The minimum atomic E-state index is -0.853. The molecule has 0 saturated carbocycles. The fraction of sp³-hybridized carbons (Fsp3) is 0.182. The minimum Gasteiger partial charge on any atom is -0.265 e. The van der Waals surface area contributed by atoms with Crippen molar-refractivity contribution in [3.05, 3.63) is 44.1 Å². The van der Waals surface area contributed by atoms with E-state index < -0.39 is 11.1 Å². The van der Waals surface area contributed by atoms with E-state index in [4.69, 9.17) is 5.26 Å². The van der Waals surface area contributed by atoms with Crippen molar-refractivity contribution in [3.63, 3.8) is 0 Å². The van der Waals surface area contributed by atoms with Crippen LogP contribution in [0, 0.1) is 18.3 Å². The molecule has 0 atom stereocenters. The van der Waals surface area contributed by atoms with Crippen LogP contribution in [0.15, 0.2) is 31.9 Å². The minimum absolute atomic E-state index is 0.298. The van der Waals surface area contributed by atoms with Crippen LogP contribution in [0.5, 0.6) is 0 Å². The molecule has 0 aliphatic carbocycles. The van der Waals surface area contributed by atoms with Crippen molar-refractivity contribution in [1.29, 1.82) is 5.26 Å². The maximum atomic E-state index is 11.2. The van der Waals surface area contributed by atoms with Gasteiger partial charge in [0.15, 0.2) is 5.16 Å². The number of H-pyrrole nitrogens is 1. The molecule has 8 heteroatoms. The van der Waals surface area contributed by atoms with Crippen molar-refractivity contribution < 1.29 is 0 Å². The van der Waals surface area contributed by atoms with Crippen LogP contribution in [-0.4, -0.2) is 19.7 Å². The first-order chi connectivity index (χ1) is 8.99. The van der Waals surface area contributed by atoms with E-state index in [1.165, 1.54) is 4.68 Å². The molecule has 0 fully saturated rings. The molecule has 0 radical (unpaired) electrons. The van der Waals surface area contributed by atoms with Gasteiger partial charge in [0, 0.05) is 12.7 Å². The lowest BCUT2D eigenvalue weighted by atomic mass is 10.2. The highest BCUT2D eigenvalue weighted by atomic mass is 32.2. The molecule has 0 unspecified atom stereocenters. The largest absolute Gasteiger partial charge is 0.339 e. The first kappa shape index (κ1) is 13.0. The number of nitrogens with zero attached hydrogens (tertiary/aromatic N) is 4. The second kappa shape index (κ2) is 5.07. The summed E-state index contributed by atoms with van der Waals surface area (Å²) in [6.07, 6.45) is 0. The maximum absolute atomic E-state index is 11.2. The number of aromatic amines is 1. The van der Waals surface area contributed by atoms with Crippen LogP contribution < -0.4 is 11.1 Å². The highest BCUT2D eigenvalue weighted by Gasteiger charge is 2.08. The predicted octanol–water partition coefficient (Wildman–Crippen LogP) is 0.195. The first-order valence-electron chi connectivity index (χ1n) is 5.23. The Morgan fingerprint density at radius 2 is 2.11 bits per heavy atom. The van der Waals surface area contributed by atoms with E-state index in [0.717, 1.165) is 11.8 Å². The smallest absolute Gasteiger partial charge is 0.265 e. The summed E-state index contributed by atoms with van der Waals surface area (Å²) in [6.45, 7) is 1.77. The molecule has 2 heterocycles. The lowest BCUT2D eigenvalue weighted by Crippen LogP contribution is -2.33. The highest BCUT2D eigenvalue weighted by molar-refractivity contribution is 7.99. The van der Waals surface area contributed by atoms with Gasteiger partial charge in [0.2, 0.25) is 0 Å². The molecule has 2 rings (SSSR count). The number of rotatable bonds is 2. The Morgan fingerprint density at radius 1 is 1.37 bits per heavy atom. The predicted molar refractivity (Wildman–Crippen MR) is 67.9 cm³/mol. The molecule has 7 nitrogen and oxygen atoms in total. The van der Waals surface area contributed by atoms with Gasteiger partial charge >= 0.3 is 11.1 Å². The van der Waals surface area contributed by atoms with E-state index in [-0.39, 0.29) is 0 Å². The highest BCUT2D eigenvalue weighted by Crippen LogP contribution is 2.23. The van der Waals surface area contributed by atoms with Crippen LogP contribution in [-0.2, 0) is 7.05 Å². The molecule has 0 saturated heterocycles. The average Bonchev–Trinajstić information content (AvgIpc) is 2.35. The Hall–Kier alpha value is -2.40. The fourth-order valence-corrected chi connectivity index (χ4v) is 2.27. The Kier molecular flexibility index (Phi) is 3.48. The third-order valence-electron chi connectivity index (χ3n) is 2.20. The van der Waals surface area contributed by atoms with Gasteiger partial charge in [-0.05, 0) is 30.8 Å². The molecule has 0 amide bonds. The molecule has 19 heavy (non-hydrogen) atoms. The Bertz CT molecular complexity index is 787. The number of pyridine rings is 1. The molecule has 0 aromatic carbocycles. The van der Waals surface area contributed by atoms with Crippen molar-refractivity contribution in [1.82, 2.24) is 19.7 Å². The molecule has 0 aliphatic heterocycles. The van der Waals surface area contributed by atoms with E-state index in [1.54, 1.807) is 26.1 Å². The van der Waals surface area contributed by atoms with Crippen molar-refractivity contribution in [2.24, 2.45) is 7.05 Å². The van der Waals surface area contributed by atoms with E-state index >= 15 is 0 Å². The SMILES string of the molecule is Cc1cc(C#N)cc(Sc2nc(=O)c(=O)[nH]n2C)n1. The summed E-state index contributed by atoms with van der Waals surface area (Å²) in [5.41, 5.74) is -0.462. The number of hydrogen-bond donors (Lipinski definition) is 1. The van der Waals surface area contributed by atoms with Gasteiger partial charge in [-0.15, -0.1) is 0 Å². The van der Waals surface area contributed by atoms with Gasteiger partial charge in [0.1, 0.15) is 5.03 Å². The average molecular weight is 275 g/mol. The standard InChI is InChI=1S/C11H9N5O2S/c1-6-3-7(5-12)4-8(13-6)19-11-14-9(17)10(18)15-16(11)2/h3-4H,1-2H3,(H,15,18). The molecule has 0 bridgehead atoms. The van der Waals surface area contributed by atoms with Gasteiger partial charge in [-0.1, -0.05) is 0 Å². The Morgan fingerprint density at radius 3 is 2.79 bits per heavy atom. The summed E-state index contributed by atoms with van der Waals surface area (Å²) >= 11 is 1.10. The normalized spacial score (nSPS) is 10.2. The molecule has 2 aromatic heterocycles. The Labute approximate surface area is 111 Å². The number of hydrogen-bond acceptors (Lipinski definition) is 6. The summed E-state index contributed by atoms with van der Waals surface area (Å²) < 4.78 is 1.34. The van der Waals surface area contributed by atoms with Crippen molar-refractivity contribution in [2.75, 3.05) is 0 Å². The third-order valence-corrected chi connectivity index (χ3v) is 3.17. The number of nitrogens with one attached hydrogen (secondary N) is 1. The van der Waals surface area contributed by atoms with Crippen LogP contribution >= 0.6 is 11.8 Å². The van der Waals surface area contributed by atoms with Crippen LogP contribution in [0.2, 0.25) is 0 Å². The zero-order valence-electron chi connectivity index (χ0n) is 10.2. The second-order valence-corrected chi connectivity index (χ2v) is 4.74. The summed E-state index contributed by atoms with van der Waals surface area (Å²) in [5.74, 6) is 0. The number of aromatic nitrogens is 4. The molecular formula is C11H9N5O2S. The van der Waals surface area contributed by atoms with Crippen molar-refractivity contribution in [2.45, 2.75) is 17.1 Å². The maximum Gasteiger partial charge on any atom is 0.339 e. The monoisotopic (exact) mass is 275 g/mol. The number of aryl methyl sites for hydroxylation is 2. The van der Waals surface area contributed by atoms with Gasteiger partial charge < -0.3 is 0 Å². The second-order valence-electron chi connectivity index (χ2n) is 3.75. The van der Waals surface area contributed by atoms with Crippen LogP contribution in [0.4, 0.5) is 0 Å². The fourth-order valence-electron chi connectivity index (χ4n) is 1.40. The van der Waals surface area contributed by atoms with Crippen molar-refractivity contribution >= 4 is 11.8 Å². The van der Waals surface area contributed by atoms with Crippen molar-refractivity contribution in [3.8, 4) is 6.07 Å². The van der Waals surface area contributed by atoms with Crippen LogP contribution in [0.3, 0.4) is 0 Å². The Balaban J connectivity index is 2.45. The summed E-state index contributed by atoms with van der Waals surface area (Å²) in [5, 5.41) is 12.1.